The fraction of sp³-hybridized carbons (Fsp3) is 0.444. The molecule has 0 aromatic carbocycles. The second-order valence-corrected chi connectivity index (χ2v) is 3.41. The lowest BCUT2D eigenvalue weighted by atomic mass is 10.3. The van der Waals surface area contributed by atoms with E-state index in [1.54, 1.807) is 6.92 Å². The molecule has 1 aromatic rings. The summed E-state index contributed by atoms with van der Waals surface area (Å²) in [4.78, 5) is 26.6. The maximum absolute atomic E-state index is 11.4. The van der Waals surface area contributed by atoms with Crippen LogP contribution >= 0.6 is 11.6 Å². The van der Waals surface area contributed by atoms with Gasteiger partial charge in [0, 0.05) is 12.6 Å². The van der Waals surface area contributed by atoms with Crippen molar-refractivity contribution in [2.45, 2.75) is 19.9 Å². The number of hydrogen-bond donors (Lipinski definition) is 1. The Bertz CT molecular complexity index is 416. The number of carbonyl (C=O) groups excluding carboxylic acids is 1. The highest BCUT2D eigenvalue weighted by Crippen LogP contribution is 2.03. The van der Waals surface area contributed by atoms with Crippen LogP contribution < -0.4 is 10.9 Å². The number of nitrogens with one attached hydrogen (secondary N) is 1. The summed E-state index contributed by atoms with van der Waals surface area (Å²) in [5, 5.41) is 2.75. The predicted molar refractivity (Wildman–Crippen MR) is 56.9 cm³/mol. The van der Waals surface area contributed by atoms with Gasteiger partial charge in [-0.25, -0.2) is 4.98 Å². The number of amides is 1. The Balaban J connectivity index is 2.96. The van der Waals surface area contributed by atoms with Crippen LogP contribution in [0, 0.1) is 0 Å². The number of nitrogens with zero attached hydrogens (tertiary/aromatic N) is 2. The zero-order valence-electron chi connectivity index (χ0n) is 8.53. The van der Waals surface area contributed by atoms with E-state index in [2.05, 4.69) is 10.3 Å². The van der Waals surface area contributed by atoms with Gasteiger partial charge in [-0.1, -0.05) is 11.6 Å². The summed E-state index contributed by atoms with van der Waals surface area (Å²) in [6.07, 6.45) is 1.27. The Morgan fingerprint density at radius 3 is 2.93 bits per heavy atom. The highest BCUT2D eigenvalue weighted by atomic mass is 35.5. The molecule has 0 saturated carbocycles. The van der Waals surface area contributed by atoms with Gasteiger partial charge in [-0.3, -0.25) is 14.2 Å². The van der Waals surface area contributed by atoms with Gasteiger partial charge in [0.1, 0.15) is 11.2 Å². The third-order valence-electron chi connectivity index (χ3n) is 1.95. The maximum atomic E-state index is 11.4. The van der Waals surface area contributed by atoms with E-state index in [0.29, 0.717) is 6.54 Å². The largest absolute Gasteiger partial charge is 0.355 e. The zero-order valence-corrected chi connectivity index (χ0v) is 9.28. The van der Waals surface area contributed by atoms with E-state index in [1.807, 2.05) is 6.92 Å². The van der Waals surface area contributed by atoms with Crippen LogP contribution in [-0.4, -0.2) is 22.0 Å². The molecule has 15 heavy (non-hydrogen) atoms. The number of halogens is 1. The van der Waals surface area contributed by atoms with Gasteiger partial charge >= 0.3 is 0 Å². The summed E-state index contributed by atoms with van der Waals surface area (Å²) >= 11 is 5.54. The molecule has 5 nitrogen and oxygen atoms in total. The molecule has 1 rings (SSSR count). The summed E-state index contributed by atoms with van der Waals surface area (Å²) < 4.78 is 1.23. The Morgan fingerprint density at radius 2 is 2.40 bits per heavy atom. The van der Waals surface area contributed by atoms with Crippen LogP contribution in [0.3, 0.4) is 0 Å². The van der Waals surface area contributed by atoms with Gasteiger partial charge in [-0.2, -0.15) is 0 Å². The van der Waals surface area contributed by atoms with Crippen molar-refractivity contribution in [3.05, 3.63) is 27.9 Å². The molecule has 1 aromatic heterocycles. The molecule has 0 spiro atoms. The van der Waals surface area contributed by atoms with E-state index in [-0.39, 0.29) is 16.6 Å². The first-order valence-corrected chi connectivity index (χ1v) is 4.95. The summed E-state index contributed by atoms with van der Waals surface area (Å²) in [6.45, 7) is 3.97. The van der Waals surface area contributed by atoms with Crippen molar-refractivity contribution in [2.24, 2.45) is 0 Å². The summed E-state index contributed by atoms with van der Waals surface area (Å²) in [5.74, 6) is -0.219. The Morgan fingerprint density at radius 1 is 1.73 bits per heavy atom. The molecular weight excluding hydrogens is 218 g/mol. The topological polar surface area (TPSA) is 64.0 Å². The molecule has 0 saturated heterocycles. The van der Waals surface area contributed by atoms with E-state index in [1.165, 1.54) is 17.0 Å². The number of rotatable bonds is 3. The molecule has 6 heteroatoms. The third kappa shape index (κ3) is 2.79. The first-order chi connectivity index (χ1) is 7.06. The molecule has 0 radical (unpaired) electrons. The smallest absolute Gasteiger partial charge is 0.255 e. The SMILES string of the molecule is CCNC(=O)C(C)n1cnc(Cl)cc1=O. The van der Waals surface area contributed by atoms with Crippen molar-refractivity contribution in [1.82, 2.24) is 14.9 Å². The minimum absolute atomic E-state index is 0.124. The van der Waals surface area contributed by atoms with Gasteiger partial charge in [0.25, 0.3) is 5.56 Å². The van der Waals surface area contributed by atoms with Crippen LogP contribution in [0.25, 0.3) is 0 Å². The van der Waals surface area contributed by atoms with Crippen molar-refractivity contribution >= 4 is 17.5 Å². The summed E-state index contributed by atoms with van der Waals surface area (Å²) in [7, 11) is 0. The average Bonchev–Trinajstić information content (AvgIpc) is 2.17. The van der Waals surface area contributed by atoms with Crippen LogP contribution in [0.5, 0.6) is 0 Å². The number of hydrogen-bond acceptors (Lipinski definition) is 3. The Kier molecular flexibility index (Phi) is 3.85. The van der Waals surface area contributed by atoms with Crippen molar-refractivity contribution < 1.29 is 4.79 Å². The number of likely N-dealkylation sites (N-methyl/N-ethyl adjacent to an activating group) is 1. The molecule has 1 N–H and O–H groups in total. The van der Waals surface area contributed by atoms with Crippen molar-refractivity contribution in [3.8, 4) is 0 Å². The van der Waals surface area contributed by atoms with Gasteiger partial charge in [-0.05, 0) is 13.8 Å². The van der Waals surface area contributed by atoms with Crippen LogP contribution in [0.15, 0.2) is 17.2 Å². The van der Waals surface area contributed by atoms with Gasteiger partial charge in [-0.15, -0.1) is 0 Å². The normalized spacial score (nSPS) is 12.2. The molecule has 1 atom stereocenters. The van der Waals surface area contributed by atoms with E-state index in [9.17, 15) is 9.59 Å². The lowest BCUT2D eigenvalue weighted by Gasteiger charge is -2.13. The number of aromatic nitrogens is 2. The second-order valence-electron chi connectivity index (χ2n) is 3.03. The average molecular weight is 230 g/mol. The molecule has 0 aliphatic carbocycles. The van der Waals surface area contributed by atoms with Crippen molar-refractivity contribution in [3.63, 3.8) is 0 Å². The fourth-order valence-electron chi connectivity index (χ4n) is 1.13. The van der Waals surface area contributed by atoms with Gasteiger partial charge in [0.2, 0.25) is 5.91 Å². The van der Waals surface area contributed by atoms with Crippen molar-refractivity contribution in [1.29, 1.82) is 0 Å². The molecule has 0 aliphatic rings. The molecule has 1 unspecified atom stereocenters. The fourth-order valence-corrected chi connectivity index (χ4v) is 1.26. The predicted octanol–water partition coefficient (Wildman–Crippen LogP) is 0.594. The minimum atomic E-state index is -0.581. The maximum Gasteiger partial charge on any atom is 0.255 e. The molecule has 1 amide bonds. The quantitative estimate of drug-likeness (QED) is 0.772. The first-order valence-electron chi connectivity index (χ1n) is 4.57. The molecular formula is C9H12ClN3O2. The van der Waals surface area contributed by atoms with Gasteiger partial charge in [0.05, 0.1) is 6.33 Å². The zero-order chi connectivity index (χ0) is 11.4. The first kappa shape index (κ1) is 11.7. The van der Waals surface area contributed by atoms with E-state index >= 15 is 0 Å². The Labute approximate surface area is 92.1 Å². The molecule has 0 fully saturated rings. The standard InChI is InChI=1S/C9H12ClN3O2/c1-3-11-9(15)6(2)13-5-12-7(10)4-8(13)14/h4-6H,3H2,1-2H3,(H,11,15). The van der Waals surface area contributed by atoms with Crippen LogP contribution in [0.4, 0.5) is 0 Å². The monoisotopic (exact) mass is 229 g/mol. The van der Waals surface area contributed by atoms with E-state index in [4.69, 9.17) is 11.6 Å². The highest BCUT2D eigenvalue weighted by Gasteiger charge is 2.14. The van der Waals surface area contributed by atoms with Crippen molar-refractivity contribution in [2.75, 3.05) is 6.54 Å². The molecule has 0 aliphatic heterocycles. The summed E-state index contributed by atoms with van der Waals surface area (Å²) in [6, 6.07) is 0.597. The van der Waals surface area contributed by atoms with Crippen LogP contribution in [-0.2, 0) is 4.79 Å². The molecule has 82 valence electrons. The summed E-state index contributed by atoms with van der Waals surface area (Å²) in [5.41, 5.74) is -0.339. The van der Waals surface area contributed by atoms with Crippen LogP contribution in [0.2, 0.25) is 5.15 Å². The second kappa shape index (κ2) is 4.93. The lowest BCUT2D eigenvalue weighted by Crippen LogP contribution is -2.35. The van der Waals surface area contributed by atoms with E-state index < -0.39 is 6.04 Å². The van der Waals surface area contributed by atoms with Gasteiger partial charge in [0.15, 0.2) is 0 Å². The Hall–Kier alpha value is -1.36. The van der Waals surface area contributed by atoms with Crippen LogP contribution in [0.1, 0.15) is 19.9 Å². The molecule has 1 heterocycles. The lowest BCUT2D eigenvalue weighted by molar-refractivity contribution is -0.123. The highest BCUT2D eigenvalue weighted by molar-refractivity contribution is 6.29. The molecule has 0 bridgehead atoms. The number of carbonyl (C=O) groups is 1. The third-order valence-corrected chi connectivity index (χ3v) is 2.16. The minimum Gasteiger partial charge on any atom is -0.355 e. The van der Waals surface area contributed by atoms with Gasteiger partial charge < -0.3 is 5.32 Å². The van der Waals surface area contributed by atoms with E-state index in [0.717, 1.165) is 0 Å².